The summed E-state index contributed by atoms with van der Waals surface area (Å²) in [5, 5.41) is 11.9. The van der Waals surface area contributed by atoms with Gasteiger partial charge in [-0.3, -0.25) is 0 Å². The van der Waals surface area contributed by atoms with Gasteiger partial charge in [0.2, 0.25) is 0 Å². The normalized spacial score (nSPS) is 14.5. The van der Waals surface area contributed by atoms with Crippen LogP contribution in [0.25, 0.3) is 11.4 Å². The van der Waals surface area contributed by atoms with Gasteiger partial charge in [0.25, 0.3) is 0 Å². The van der Waals surface area contributed by atoms with E-state index in [0.29, 0.717) is 0 Å². The summed E-state index contributed by atoms with van der Waals surface area (Å²) in [6.07, 6.45) is 3.56. The van der Waals surface area contributed by atoms with Crippen LogP contribution in [0, 0.1) is 12.8 Å². The Morgan fingerprint density at radius 2 is 2.24 bits per heavy atom. The molecule has 0 radical (unpaired) electrons. The minimum atomic E-state index is 0.751. The lowest BCUT2D eigenvalue weighted by Gasteiger charge is -2.07. The summed E-state index contributed by atoms with van der Waals surface area (Å²) in [5.41, 5.74) is 8.72. The molecule has 0 amide bonds. The van der Waals surface area contributed by atoms with Crippen molar-refractivity contribution in [3.05, 3.63) is 23.8 Å². The highest BCUT2D eigenvalue weighted by molar-refractivity contribution is 5.63. The zero-order chi connectivity index (χ0) is 14.7. The second-order valence-electron chi connectivity index (χ2n) is 5.67. The number of tetrazole rings is 1. The second kappa shape index (κ2) is 6.22. The van der Waals surface area contributed by atoms with Crippen molar-refractivity contribution in [2.75, 3.05) is 18.9 Å². The van der Waals surface area contributed by atoms with Gasteiger partial charge in [0.1, 0.15) is 0 Å². The molecule has 1 heterocycles. The number of nitrogen functional groups attached to an aromatic ring is 1. The van der Waals surface area contributed by atoms with Crippen LogP contribution >= 0.6 is 0 Å². The molecule has 0 saturated heterocycles. The summed E-state index contributed by atoms with van der Waals surface area (Å²) in [7, 11) is 0. The molecule has 0 spiro atoms. The Morgan fingerprint density at radius 1 is 1.38 bits per heavy atom. The summed E-state index contributed by atoms with van der Waals surface area (Å²) < 4.78 is 7.44. The molecule has 2 N–H and O–H groups in total. The zero-order valence-electron chi connectivity index (χ0n) is 12.3. The predicted octanol–water partition coefficient (Wildman–Crippen LogP) is 2.05. The van der Waals surface area contributed by atoms with Gasteiger partial charge < -0.3 is 10.5 Å². The lowest BCUT2D eigenvalue weighted by Crippen LogP contribution is -2.07. The Morgan fingerprint density at radius 3 is 3.00 bits per heavy atom. The van der Waals surface area contributed by atoms with Crippen LogP contribution in [0.15, 0.2) is 18.2 Å². The van der Waals surface area contributed by atoms with E-state index in [9.17, 15) is 0 Å². The number of hydrogen-bond acceptors (Lipinski definition) is 5. The van der Waals surface area contributed by atoms with Crippen molar-refractivity contribution in [3.63, 3.8) is 0 Å². The lowest BCUT2D eigenvalue weighted by atomic mass is 10.1. The third kappa shape index (κ3) is 3.58. The smallest absolute Gasteiger partial charge is 0.182 e. The largest absolute Gasteiger partial charge is 0.398 e. The van der Waals surface area contributed by atoms with E-state index < -0.39 is 0 Å². The van der Waals surface area contributed by atoms with E-state index in [4.69, 9.17) is 10.5 Å². The summed E-state index contributed by atoms with van der Waals surface area (Å²) in [6, 6.07) is 5.90. The molecular formula is C15H21N5O. The van der Waals surface area contributed by atoms with Gasteiger partial charge in [-0.2, -0.15) is 0 Å². The molecule has 0 bridgehead atoms. The molecule has 21 heavy (non-hydrogen) atoms. The van der Waals surface area contributed by atoms with Crippen LogP contribution < -0.4 is 5.73 Å². The van der Waals surface area contributed by atoms with Gasteiger partial charge in [-0.15, -0.1) is 5.10 Å². The number of rotatable bonds is 7. The standard InChI is InChI=1S/C15H21N5O/c1-11-3-6-13(9-14(11)16)15-17-18-19-20(15)7-2-8-21-10-12-4-5-12/h3,6,9,12H,2,4-5,7-8,10,16H2,1H3. The van der Waals surface area contributed by atoms with E-state index in [1.807, 2.05) is 29.8 Å². The molecule has 6 heteroatoms. The molecule has 112 valence electrons. The molecule has 1 aromatic heterocycles. The Balaban J connectivity index is 1.58. The third-order valence-electron chi connectivity index (χ3n) is 3.78. The van der Waals surface area contributed by atoms with Gasteiger partial charge in [0, 0.05) is 31.0 Å². The SMILES string of the molecule is Cc1ccc(-c2nnnn2CCCOCC2CC2)cc1N. The van der Waals surface area contributed by atoms with Gasteiger partial charge in [-0.1, -0.05) is 12.1 Å². The number of nitrogens with zero attached hydrogens (tertiary/aromatic N) is 4. The average Bonchev–Trinajstić information content (AvgIpc) is 3.18. The van der Waals surface area contributed by atoms with Crippen molar-refractivity contribution in [2.45, 2.75) is 32.7 Å². The minimum absolute atomic E-state index is 0.751. The number of nitrogens with two attached hydrogens (primary N) is 1. The van der Waals surface area contributed by atoms with Crippen LogP contribution in [0.2, 0.25) is 0 Å². The Labute approximate surface area is 124 Å². The molecule has 1 aliphatic rings. The van der Waals surface area contributed by atoms with Gasteiger partial charge in [-0.25, -0.2) is 4.68 Å². The Hall–Kier alpha value is -1.95. The molecule has 3 rings (SSSR count). The monoisotopic (exact) mass is 287 g/mol. The summed E-state index contributed by atoms with van der Waals surface area (Å²) in [4.78, 5) is 0. The molecular weight excluding hydrogens is 266 g/mol. The highest BCUT2D eigenvalue weighted by Gasteiger charge is 2.20. The van der Waals surface area contributed by atoms with Crippen LogP contribution in [0.4, 0.5) is 5.69 Å². The Bertz CT molecular complexity index is 606. The van der Waals surface area contributed by atoms with E-state index in [1.165, 1.54) is 12.8 Å². The van der Waals surface area contributed by atoms with Gasteiger partial charge in [0.05, 0.1) is 0 Å². The maximum Gasteiger partial charge on any atom is 0.182 e. The first kappa shape index (κ1) is 14.0. The van der Waals surface area contributed by atoms with Crippen molar-refractivity contribution < 1.29 is 4.74 Å². The van der Waals surface area contributed by atoms with E-state index in [2.05, 4.69) is 15.5 Å². The molecule has 1 aromatic carbocycles. The minimum Gasteiger partial charge on any atom is -0.398 e. The van der Waals surface area contributed by atoms with E-state index >= 15 is 0 Å². The number of anilines is 1. The van der Waals surface area contributed by atoms with Crippen LogP contribution in [0.1, 0.15) is 24.8 Å². The number of ether oxygens (including phenoxy) is 1. The maximum atomic E-state index is 5.95. The fourth-order valence-corrected chi connectivity index (χ4v) is 2.19. The topological polar surface area (TPSA) is 78.8 Å². The molecule has 1 aliphatic carbocycles. The van der Waals surface area contributed by atoms with Crippen molar-refractivity contribution in [1.82, 2.24) is 20.2 Å². The third-order valence-corrected chi connectivity index (χ3v) is 3.78. The quantitative estimate of drug-likeness (QED) is 0.623. The highest BCUT2D eigenvalue weighted by Crippen LogP contribution is 2.28. The van der Waals surface area contributed by atoms with Gasteiger partial charge in [-0.05, 0) is 54.2 Å². The van der Waals surface area contributed by atoms with E-state index in [-0.39, 0.29) is 0 Å². The van der Waals surface area contributed by atoms with Gasteiger partial charge >= 0.3 is 0 Å². The number of aromatic nitrogens is 4. The van der Waals surface area contributed by atoms with Crippen LogP contribution in [0.3, 0.4) is 0 Å². The number of hydrogen-bond donors (Lipinski definition) is 1. The first-order valence-corrected chi connectivity index (χ1v) is 7.44. The van der Waals surface area contributed by atoms with E-state index in [0.717, 1.165) is 54.7 Å². The molecule has 2 aromatic rings. The lowest BCUT2D eigenvalue weighted by molar-refractivity contribution is 0.118. The molecule has 1 fully saturated rings. The fourth-order valence-electron chi connectivity index (χ4n) is 2.19. The van der Waals surface area contributed by atoms with E-state index in [1.54, 1.807) is 0 Å². The fraction of sp³-hybridized carbons (Fsp3) is 0.533. The molecule has 6 nitrogen and oxygen atoms in total. The average molecular weight is 287 g/mol. The summed E-state index contributed by atoms with van der Waals surface area (Å²) >= 11 is 0. The van der Waals surface area contributed by atoms with Gasteiger partial charge in [0.15, 0.2) is 5.82 Å². The molecule has 0 aliphatic heterocycles. The van der Waals surface area contributed by atoms with Crippen molar-refractivity contribution in [1.29, 1.82) is 0 Å². The van der Waals surface area contributed by atoms with Crippen molar-refractivity contribution in [3.8, 4) is 11.4 Å². The van der Waals surface area contributed by atoms with Crippen LogP contribution in [0.5, 0.6) is 0 Å². The Kier molecular flexibility index (Phi) is 4.15. The molecule has 0 unspecified atom stereocenters. The molecule has 0 atom stereocenters. The van der Waals surface area contributed by atoms with Crippen LogP contribution in [-0.4, -0.2) is 33.4 Å². The summed E-state index contributed by atoms with van der Waals surface area (Å²) in [5.74, 6) is 1.56. The number of aryl methyl sites for hydroxylation is 2. The first-order valence-electron chi connectivity index (χ1n) is 7.44. The zero-order valence-corrected chi connectivity index (χ0v) is 12.3. The van der Waals surface area contributed by atoms with Crippen LogP contribution in [-0.2, 0) is 11.3 Å². The first-order chi connectivity index (χ1) is 10.2. The van der Waals surface area contributed by atoms with Crippen molar-refractivity contribution in [2.24, 2.45) is 5.92 Å². The summed E-state index contributed by atoms with van der Waals surface area (Å²) in [6.45, 7) is 4.39. The van der Waals surface area contributed by atoms with Crippen molar-refractivity contribution >= 4 is 5.69 Å². The second-order valence-corrected chi connectivity index (χ2v) is 5.67. The highest BCUT2D eigenvalue weighted by atomic mass is 16.5. The number of benzene rings is 1. The maximum absolute atomic E-state index is 5.95. The predicted molar refractivity (Wildman–Crippen MR) is 80.6 cm³/mol. The molecule has 1 saturated carbocycles.